The Bertz CT molecular complexity index is 1190. The molecule has 3 N–H and O–H groups in total. The van der Waals surface area contributed by atoms with Crippen molar-refractivity contribution >= 4 is 11.8 Å². The molecule has 0 bridgehead atoms. The first-order valence-corrected chi connectivity index (χ1v) is 23.6. The minimum Gasteiger partial charge on any atom is -0.393 e. The molecule has 6 heteroatoms. The van der Waals surface area contributed by atoms with Gasteiger partial charge in [0.15, 0.2) is 0 Å². The second-order valence-electron chi connectivity index (χ2n) is 19.9. The van der Waals surface area contributed by atoms with Crippen molar-refractivity contribution in [3.63, 3.8) is 0 Å². The number of likely N-dealkylation sites (tertiary alicyclic amines) is 1. The standard InChI is InChI=1S/C48H84N2O4/c1-6-8-9-10-11-12-13-14-15-16-17-18-19-20-21-22-44(53)50-32-29-36(34-50)49-43(52)26-23-35(3)39-24-25-40-45-41(28-31-47(39,40)4)48(5)30-27-37(51)33-42(48)38(7-2)46(45)54/h14-15,35-42,45-46,51,54H,6-13,16-34H2,1-5H3,(H,49,52)/b15-14-/t35-,36-,37-,38-,39?,40+,41+,42+,45+,46-,47-,48-/m1/s1. The summed E-state index contributed by atoms with van der Waals surface area (Å²) in [6, 6.07) is 0.0833. The molecule has 1 unspecified atom stereocenters. The molecule has 5 rings (SSSR count). The lowest BCUT2D eigenvalue weighted by molar-refractivity contribution is -0.203. The summed E-state index contributed by atoms with van der Waals surface area (Å²) in [5.41, 5.74) is 0.460. The smallest absolute Gasteiger partial charge is 0.222 e. The molecule has 1 saturated heterocycles. The third-order valence-electron chi connectivity index (χ3n) is 16.5. The third kappa shape index (κ3) is 10.6. The van der Waals surface area contributed by atoms with Crippen LogP contribution in [0, 0.1) is 52.3 Å². The molecule has 0 aromatic carbocycles. The van der Waals surface area contributed by atoms with Crippen molar-refractivity contribution in [3.8, 4) is 0 Å². The van der Waals surface area contributed by atoms with Gasteiger partial charge in [0.25, 0.3) is 0 Å². The quantitative estimate of drug-likeness (QED) is 0.0804. The van der Waals surface area contributed by atoms with Gasteiger partial charge in [-0.05, 0) is 142 Å². The van der Waals surface area contributed by atoms with Gasteiger partial charge in [-0.15, -0.1) is 0 Å². The van der Waals surface area contributed by atoms with Crippen LogP contribution in [0.2, 0.25) is 0 Å². The van der Waals surface area contributed by atoms with Gasteiger partial charge in [-0.1, -0.05) is 105 Å². The minimum atomic E-state index is -0.257. The van der Waals surface area contributed by atoms with Gasteiger partial charge in [0, 0.05) is 32.0 Å². The van der Waals surface area contributed by atoms with E-state index >= 15 is 0 Å². The van der Waals surface area contributed by atoms with Crippen LogP contribution in [-0.2, 0) is 9.59 Å². The molecule has 1 aliphatic heterocycles. The number of hydrogen-bond acceptors (Lipinski definition) is 4. The van der Waals surface area contributed by atoms with E-state index in [1.165, 1.54) is 96.3 Å². The highest BCUT2D eigenvalue weighted by Gasteiger charge is 2.64. The van der Waals surface area contributed by atoms with Crippen LogP contribution in [-0.4, -0.2) is 58.3 Å². The van der Waals surface area contributed by atoms with Gasteiger partial charge < -0.3 is 20.4 Å². The summed E-state index contributed by atoms with van der Waals surface area (Å²) in [7, 11) is 0. The number of nitrogens with one attached hydrogen (secondary N) is 1. The van der Waals surface area contributed by atoms with E-state index in [0.29, 0.717) is 60.8 Å². The summed E-state index contributed by atoms with van der Waals surface area (Å²) >= 11 is 0. The molecule has 1 heterocycles. The summed E-state index contributed by atoms with van der Waals surface area (Å²) in [5, 5.41) is 25.9. The van der Waals surface area contributed by atoms with E-state index in [0.717, 1.165) is 57.9 Å². The average Bonchev–Trinajstić information content (AvgIpc) is 3.77. The number of unbranched alkanes of at least 4 members (excludes halogenated alkanes) is 11. The second-order valence-corrected chi connectivity index (χ2v) is 19.9. The van der Waals surface area contributed by atoms with Gasteiger partial charge in [0.2, 0.25) is 11.8 Å². The van der Waals surface area contributed by atoms with Crippen molar-refractivity contribution in [2.75, 3.05) is 13.1 Å². The Morgan fingerprint density at radius 1 is 0.778 bits per heavy atom. The van der Waals surface area contributed by atoms with Crippen LogP contribution in [0.15, 0.2) is 12.2 Å². The molecule has 5 fully saturated rings. The molecule has 54 heavy (non-hydrogen) atoms. The number of rotatable bonds is 21. The Labute approximate surface area is 331 Å². The predicted octanol–water partition coefficient (Wildman–Crippen LogP) is 10.8. The van der Waals surface area contributed by atoms with E-state index in [9.17, 15) is 19.8 Å². The van der Waals surface area contributed by atoms with Crippen molar-refractivity contribution in [1.29, 1.82) is 0 Å². The van der Waals surface area contributed by atoms with Crippen molar-refractivity contribution < 1.29 is 19.8 Å². The minimum absolute atomic E-state index is 0.0833. The number of amides is 2. The van der Waals surface area contributed by atoms with E-state index in [2.05, 4.69) is 52.1 Å². The molecule has 2 amide bonds. The monoisotopic (exact) mass is 753 g/mol. The number of carbonyl (C=O) groups is 2. The molecule has 0 aromatic rings. The van der Waals surface area contributed by atoms with E-state index in [1.807, 2.05) is 4.90 Å². The molecule has 0 aromatic heterocycles. The SMILES string of the molecule is CCCCCCCC/C=C\CCCCCCCC(=O)N1CC[C@@H](NC(=O)CC[C@@H](C)C2CC[C@H]3[C@@H]4[C@H](O)[C@H](CC)[C@@H]5C[C@H](O)CC[C@]5(C)[C@H]4CC[C@]23C)C1. The Hall–Kier alpha value is -1.40. The highest BCUT2D eigenvalue weighted by Crippen LogP contribution is 2.69. The molecular weight excluding hydrogens is 669 g/mol. The van der Waals surface area contributed by atoms with Crippen molar-refractivity contribution in [3.05, 3.63) is 12.2 Å². The molecule has 6 nitrogen and oxygen atoms in total. The van der Waals surface area contributed by atoms with Gasteiger partial charge in [0.1, 0.15) is 0 Å². The summed E-state index contributed by atoms with van der Waals surface area (Å²) in [6.07, 6.45) is 32.5. The Morgan fingerprint density at radius 3 is 2.13 bits per heavy atom. The fourth-order valence-electron chi connectivity index (χ4n) is 13.4. The predicted molar refractivity (Wildman–Crippen MR) is 223 cm³/mol. The Kier molecular flexibility index (Phi) is 16.9. The van der Waals surface area contributed by atoms with Gasteiger partial charge in [-0.3, -0.25) is 9.59 Å². The number of nitrogens with zero attached hydrogens (tertiary/aromatic N) is 1. The first-order valence-electron chi connectivity index (χ1n) is 23.6. The van der Waals surface area contributed by atoms with Crippen LogP contribution < -0.4 is 5.32 Å². The number of carbonyl (C=O) groups excluding carboxylic acids is 2. The zero-order valence-electron chi connectivity index (χ0n) is 35.7. The number of aliphatic hydroxyl groups excluding tert-OH is 2. The van der Waals surface area contributed by atoms with Crippen LogP contribution in [0.1, 0.15) is 195 Å². The lowest BCUT2D eigenvalue weighted by Gasteiger charge is -2.64. The van der Waals surface area contributed by atoms with Crippen molar-refractivity contribution in [2.24, 2.45) is 52.3 Å². The van der Waals surface area contributed by atoms with Gasteiger partial charge in [-0.2, -0.15) is 0 Å². The number of fused-ring (bicyclic) bond motifs is 5. The highest BCUT2D eigenvalue weighted by atomic mass is 16.3. The average molecular weight is 753 g/mol. The van der Waals surface area contributed by atoms with E-state index in [4.69, 9.17) is 0 Å². The van der Waals surface area contributed by atoms with Crippen LogP contribution >= 0.6 is 0 Å². The van der Waals surface area contributed by atoms with E-state index < -0.39 is 0 Å². The summed E-state index contributed by atoms with van der Waals surface area (Å²) in [6.45, 7) is 13.4. The zero-order chi connectivity index (χ0) is 38.7. The number of allylic oxidation sites excluding steroid dienone is 2. The Balaban J connectivity index is 0.960. The molecule has 310 valence electrons. The maximum absolute atomic E-state index is 13.2. The van der Waals surface area contributed by atoms with Crippen LogP contribution in [0.4, 0.5) is 0 Å². The van der Waals surface area contributed by atoms with Crippen LogP contribution in [0.5, 0.6) is 0 Å². The summed E-state index contributed by atoms with van der Waals surface area (Å²) < 4.78 is 0. The van der Waals surface area contributed by atoms with Gasteiger partial charge in [-0.25, -0.2) is 0 Å². The first kappa shape index (κ1) is 43.7. The maximum Gasteiger partial charge on any atom is 0.222 e. The number of hydrogen-bond donors (Lipinski definition) is 3. The topological polar surface area (TPSA) is 89.9 Å². The number of aliphatic hydroxyl groups is 2. The second kappa shape index (κ2) is 20.9. The molecule has 0 spiro atoms. The van der Waals surface area contributed by atoms with E-state index in [1.54, 1.807) is 0 Å². The lowest BCUT2D eigenvalue weighted by Crippen LogP contribution is -2.62. The summed E-state index contributed by atoms with van der Waals surface area (Å²) in [5.74, 6) is 3.70. The molecule has 12 atom stereocenters. The molecule has 4 saturated carbocycles. The van der Waals surface area contributed by atoms with Crippen molar-refractivity contribution in [2.45, 2.75) is 213 Å². The maximum atomic E-state index is 13.2. The third-order valence-corrected chi connectivity index (χ3v) is 16.5. The van der Waals surface area contributed by atoms with Crippen LogP contribution in [0.25, 0.3) is 0 Å². The first-order chi connectivity index (χ1) is 26.0. The summed E-state index contributed by atoms with van der Waals surface area (Å²) in [4.78, 5) is 28.1. The molecule has 0 radical (unpaired) electrons. The fourth-order valence-corrected chi connectivity index (χ4v) is 13.4. The molecular formula is C48H84N2O4. The highest BCUT2D eigenvalue weighted by molar-refractivity contribution is 5.78. The largest absolute Gasteiger partial charge is 0.393 e. The van der Waals surface area contributed by atoms with Gasteiger partial charge >= 0.3 is 0 Å². The zero-order valence-corrected chi connectivity index (χ0v) is 35.7. The normalized spacial score (nSPS) is 36.9. The molecule has 5 aliphatic rings. The molecule has 4 aliphatic carbocycles. The van der Waals surface area contributed by atoms with Crippen LogP contribution in [0.3, 0.4) is 0 Å². The fraction of sp³-hybridized carbons (Fsp3) is 0.917. The lowest BCUT2D eigenvalue weighted by atomic mass is 9.41. The van der Waals surface area contributed by atoms with Crippen molar-refractivity contribution in [1.82, 2.24) is 10.2 Å². The Morgan fingerprint density at radius 2 is 1.43 bits per heavy atom. The van der Waals surface area contributed by atoms with Gasteiger partial charge in [0.05, 0.1) is 12.2 Å². The van der Waals surface area contributed by atoms with E-state index in [-0.39, 0.29) is 40.9 Å².